The third-order valence-corrected chi connectivity index (χ3v) is 5.94. The summed E-state index contributed by atoms with van der Waals surface area (Å²) in [5.74, 6) is -2.66. The van der Waals surface area contributed by atoms with E-state index in [-0.39, 0.29) is 18.7 Å². The molecule has 0 radical (unpaired) electrons. The number of rotatable bonds is 13. The minimum Gasteiger partial charge on any atom is -0.481 e. The largest absolute Gasteiger partial charge is 0.481 e. The number of carboxylic acid groups (broad SMARTS) is 2. The van der Waals surface area contributed by atoms with Gasteiger partial charge in [-0.1, -0.05) is 56.0 Å². The van der Waals surface area contributed by atoms with Gasteiger partial charge in [0.2, 0.25) is 7.37 Å². The monoisotopic (exact) mass is 370 g/mol. The second kappa shape index (κ2) is 11.1. The van der Waals surface area contributed by atoms with Crippen LogP contribution in [0, 0.1) is 5.92 Å². The van der Waals surface area contributed by atoms with Crippen molar-refractivity contribution >= 4 is 19.3 Å². The Morgan fingerprint density at radius 3 is 2.16 bits per heavy atom. The lowest BCUT2D eigenvalue weighted by Gasteiger charge is -2.17. The molecule has 1 aromatic carbocycles. The van der Waals surface area contributed by atoms with E-state index in [1.807, 2.05) is 6.07 Å². The number of hydrogen-bond donors (Lipinski definition) is 3. The van der Waals surface area contributed by atoms with Crippen LogP contribution in [-0.2, 0) is 20.3 Å². The summed E-state index contributed by atoms with van der Waals surface area (Å²) in [6, 6.07) is 8.91. The highest BCUT2D eigenvalue weighted by Gasteiger charge is 2.28. The van der Waals surface area contributed by atoms with E-state index in [0.717, 1.165) is 24.8 Å². The fourth-order valence-electron chi connectivity index (χ4n) is 2.77. The van der Waals surface area contributed by atoms with Crippen LogP contribution in [0.4, 0.5) is 0 Å². The first-order chi connectivity index (χ1) is 11.8. The Kier molecular flexibility index (Phi) is 9.46. The van der Waals surface area contributed by atoms with Crippen molar-refractivity contribution < 1.29 is 29.3 Å². The molecule has 6 nitrogen and oxygen atoms in total. The summed E-state index contributed by atoms with van der Waals surface area (Å²) in [6.07, 6.45) is 4.05. The summed E-state index contributed by atoms with van der Waals surface area (Å²) in [7, 11) is -3.55. The first-order valence-electron chi connectivity index (χ1n) is 8.59. The van der Waals surface area contributed by atoms with Crippen molar-refractivity contribution in [2.24, 2.45) is 5.92 Å². The number of hydrogen-bond acceptors (Lipinski definition) is 3. The minimum atomic E-state index is -3.55. The first-order valence-corrected chi connectivity index (χ1v) is 10.6. The lowest BCUT2D eigenvalue weighted by Crippen LogP contribution is -2.18. The van der Waals surface area contributed by atoms with Gasteiger partial charge < -0.3 is 15.1 Å². The van der Waals surface area contributed by atoms with Crippen LogP contribution in [0.25, 0.3) is 0 Å². The zero-order valence-corrected chi connectivity index (χ0v) is 15.2. The lowest BCUT2D eigenvalue weighted by molar-refractivity contribution is -0.141. The Balaban J connectivity index is 2.37. The molecule has 3 N–H and O–H groups in total. The van der Waals surface area contributed by atoms with E-state index in [1.54, 1.807) is 24.3 Å². The fourth-order valence-corrected chi connectivity index (χ4v) is 4.71. The van der Waals surface area contributed by atoms with Crippen molar-refractivity contribution in [3.05, 3.63) is 35.9 Å². The molecule has 0 heterocycles. The molecule has 1 rings (SSSR count). The van der Waals surface area contributed by atoms with E-state index in [2.05, 4.69) is 0 Å². The van der Waals surface area contributed by atoms with Crippen LogP contribution in [0.5, 0.6) is 0 Å². The van der Waals surface area contributed by atoms with Gasteiger partial charge in [-0.15, -0.1) is 0 Å². The van der Waals surface area contributed by atoms with Crippen molar-refractivity contribution in [1.29, 1.82) is 0 Å². The molecule has 2 unspecified atom stereocenters. The summed E-state index contributed by atoms with van der Waals surface area (Å²) in [4.78, 5) is 31.9. The average Bonchev–Trinajstić information content (AvgIpc) is 2.52. The molecular formula is C18H27O6P. The predicted octanol–water partition coefficient (Wildman–Crippen LogP) is 3.97. The highest BCUT2D eigenvalue weighted by molar-refractivity contribution is 7.57. The molecule has 0 aliphatic rings. The number of benzene rings is 1. The SMILES string of the molecule is O=C(O)CCCCCCCC(CP(=O)(O)Cc1ccccc1)C(=O)O. The highest BCUT2D eigenvalue weighted by Crippen LogP contribution is 2.46. The van der Waals surface area contributed by atoms with Gasteiger partial charge in [-0.25, -0.2) is 0 Å². The van der Waals surface area contributed by atoms with Gasteiger partial charge in [0, 0.05) is 18.7 Å². The smallest absolute Gasteiger partial charge is 0.307 e. The molecule has 0 saturated heterocycles. The van der Waals surface area contributed by atoms with Gasteiger partial charge in [0.1, 0.15) is 0 Å². The van der Waals surface area contributed by atoms with Crippen LogP contribution < -0.4 is 0 Å². The second-order valence-electron chi connectivity index (χ2n) is 6.41. The van der Waals surface area contributed by atoms with Crippen molar-refractivity contribution in [2.75, 3.05) is 6.16 Å². The van der Waals surface area contributed by atoms with E-state index < -0.39 is 25.2 Å². The van der Waals surface area contributed by atoms with Crippen LogP contribution in [-0.4, -0.2) is 33.2 Å². The van der Waals surface area contributed by atoms with E-state index >= 15 is 0 Å². The number of carbonyl (C=O) groups is 2. The zero-order chi connectivity index (χ0) is 18.7. The number of unbranched alkanes of at least 4 members (excludes halogenated alkanes) is 4. The molecule has 0 fully saturated rings. The normalized spacial score (nSPS) is 14.6. The third kappa shape index (κ3) is 10.0. The van der Waals surface area contributed by atoms with E-state index in [1.165, 1.54) is 0 Å². The lowest BCUT2D eigenvalue weighted by atomic mass is 10.0. The fraction of sp³-hybridized carbons (Fsp3) is 0.556. The molecule has 0 spiro atoms. The van der Waals surface area contributed by atoms with E-state index in [4.69, 9.17) is 5.11 Å². The molecule has 0 amide bonds. The topological polar surface area (TPSA) is 112 Å². The molecule has 0 saturated carbocycles. The molecule has 7 heteroatoms. The van der Waals surface area contributed by atoms with Crippen LogP contribution in [0.15, 0.2) is 30.3 Å². The minimum absolute atomic E-state index is 0.00713. The summed E-state index contributed by atoms with van der Waals surface area (Å²) >= 11 is 0. The Labute approximate surface area is 148 Å². The van der Waals surface area contributed by atoms with Gasteiger partial charge in [-0.2, -0.15) is 0 Å². The van der Waals surface area contributed by atoms with Gasteiger partial charge in [0.05, 0.1) is 5.92 Å². The standard InChI is InChI=1S/C18H27O6P/c19-17(20)12-8-3-1-2-7-11-16(18(21)22)14-25(23,24)13-15-9-5-4-6-10-15/h4-6,9-10,16H,1-3,7-8,11-14H2,(H,19,20)(H,21,22)(H,23,24). The molecule has 1 aromatic rings. The predicted molar refractivity (Wildman–Crippen MR) is 95.9 cm³/mol. The van der Waals surface area contributed by atoms with Gasteiger partial charge in [-0.05, 0) is 18.4 Å². The maximum atomic E-state index is 12.4. The van der Waals surface area contributed by atoms with Crippen molar-refractivity contribution in [2.45, 2.75) is 51.1 Å². The van der Waals surface area contributed by atoms with Gasteiger partial charge in [-0.3, -0.25) is 14.2 Å². The molecule has 140 valence electrons. The van der Waals surface area contributed by atoms with E-state index in [0.29, 0.717) is 19.3 Å². The Hall–Kier alpha value is -1.65. The third-order valence-electron chi connectivity index (χ3n) is 4.07. The number of carboxylic acids is 2. The van der Waals surface area contributed by atoms with Crippen molar-refractivity contribution in [3.8, 4) is 0 Å². The molecular weight excluding hydrogens is 343 g/mol. The molecule has 0 aliphatic carbocycles. The summed E-state index contributed by atoms with van der Waals surface area (Å²) in [5.41, 5.74) is 0.732. The zero-order valence-electron chi connectivity index (χ0n) is 14.3. The summed E-state index contributed by atoms with van der Waals surface area (Å²) < 4.78 is 12.4. The molecule has 0 bridgehead atoms. The van der Waals surface area contributed by atoms with Gasteiger partial charge in [0.15, 0.2) is 0 Å². The Morgan fingerprint density at radius 2 is 1.56 bits per heavy atom. The number of aliphatic carboxylic acids is 2. The quantitative estimate of drug-likeness (QED) is 0.358. The highest BCUT2D eigenvalue weighted by atomic mass is 31.2. The molecule has 2 atom stereocenters. The van der Waals surface area contributed by atoms with Crippen LogP contribution >= 0.6 is 7.37 Å². The maximum absolute atomic E-state index is 12.4. The van der Waals surface area contributed by atoms with Crippen molar-refractivity contribution in [1.82, 2.24) is 0 Å². The Bertz CT molecular complexity index is 586. The summed E-state index contributed by atoms with van der Waals surface area (Å²) in [6.45, 7) is 0. The van der Waals surface area contributed by atoms with Crippen LogP contribution in [0.3, 0.4) is 0 Å². The summed E-state index contributed by atoms with van der Waals surface area (Å²) in [5, 5.41) is 17.9. The second-order valence-corrected chi connectivity index (χ2v) is 8.78. The van der Waals surface area contributed by atoms with Gasteiger partial charge >= 0.3 is 11.9 Å². The van der Waals surface area contributed by atoms with Crippen LogP contribution in [0.1, 0.15) is 50.5 Å². The Morgan fingerprint density at radius 1 is 0.960 bits per heavy atom. The van der Waals surface area contributed by atoms with Crippen molar-refractivity contribution in [3.63, 3.8) is 0 Å². The van der Waals surface area contributed by atoms with Crippen LogP contribution in [0.2, 0.25) is 0 Å². The first kappa shape index (κ1) is 21.4. The van der Waals surface area contributed by atoms with E-state index in [9.17, 15) is 24.2 Å². The molecule has 25 heavy (non-hydrogen) atoms. The molecule has 0 aliphatic heterocycles. The maximum Gasteiger partial charge on any atom is 0.307 e. The average molecular weight is 370 g/mol. The van der Waals surface area contributed by atoms with Gasteiger partial charge in [0.25, 0.3) is 0 Å². The molecule has 0 aromatic heterocycles.